The molecule has 1 amide bonds. The summed E-state index contributed by atoms with van der Waals surface area (Å²) < 4.78 is 0. The Bertz CT molecular complexity index is 293. The summed E-state index contributed by atoms with van der Waals surface area (Å²) in [6, 6.07) is 1.46. The highest BCUT2D eigenvalue weighted by Crippen LogP contribution is 2.27. The molecule has 2 fully saturated rings. The highest BCUT2D eigenvalue weighted by molar-refractivity contribution is 5.78. The van der Waals surface area contributed by atoms with Crippen molar-refractivity contribution >= 4 is 5.91 Å². The fourth-order valence-corrected chi connectivity index (χ4v) is 3.02. The lowest BCUT2D eigenvalue weighted by molar-refractivity contribution is -0.121. The number of carbonyl (C=O) groups excluding carboxylic acids is 1. The van der Waals surface area contributed by atoms with Crippen LogP contribution in [-0.2, 0) is 4.79 Å². The molecule has 0 aliphatic carbocycles. The normalized spacial score (nSPS) is 29.6. The number of fused-ring (bicyclic) bond motifs is 1. The SMILES string of the molecule is CC(C)C(C)NC(=O)CNC1CCN2CCCC12. The maximum absolute atomic E-state index is 11.8. The van der Waals surface area contributed by atoms with E-state index in [0.717, 1.165) is 0 Å². The van der Waals surface area contributed by atoms with Gasteiger partial charge in [0, 0.05) is 24.7 Å². The molecule has 2 aliphatic heterocycles. The Kier molecular flexibility index (Phi) is 4.62. The number of rotatable bonds is 5. The van der Waals surface area contributed by atoms with Gasteiger partial charge in [0.25, 0.3) is 0 Å². The van der Waals surface area contributed by atoms with Gasteiger partial charge in [-0.2, -0.15) is 0 Å². The van der Waals surface area contributed by atoms with Crippen LogP contribution in [0.4, 0.5) is 0 Å². The smallest absolute Gasteiger partial charge is 0.234 e. The minimum absolute atomic E-state index is 0.132. The topological polar surface area (TPSA) is 44.4 Å². The molecular formula is C14H27N3O. The molecule has 0 bridgehead atoms. The van der Waals surface area contributed by atoms with Gasteiger partial charge < -0.3 is 10.6 Å². The zero-order chi connectivity index (χ0) is 13.1. The van der Waals surface area contributed by atoms with Gasteiger partial charge in [0.1, 0.15) is 0 Å². The fraction of sp³-hybridized carbons (Fsp3) is 0.929. The number of hydrogen-bond donors (Lipinski definition) is 2. The molecule has 0 aromatic rings. The Morgan fingerprint density at radius 1 is 1.28 bits per heavy atom. The largest absolute Gasteiger partial charge is 0.352 e. The maximum atomic E-state index is 11.8. The van der Waals surface area contributed by atoms with Gasteiger partial charge in [-0.1, -0.05) is 13.8 Å². The van der Waals surface area contributed by atoms with Crippen LogP contribution in [0.5, 0.6) is 0 Å². The van der Waals surface area contributed by atoms with Crippen molar-refractivity contribution < 1.29 is 4.79 Å². The van der Waals surface area contributed by atoms with Crippen molar-refractivity contribution in [3.8, 4) is 0 Å². The van der Waals surface area contributed by atoms with Gasteiger partial charge in [0.05, 0.1) is 6.54 Å². The first kappa shape index (κ1) is 13.8. The Labute approximate surface area is 110 Å². The summed E-state index contributed by atoms with van der Waals surface area (Å²) in [5, 5.41) is 6.49. The number of carbonyl (C=O) groups is 1. The first-order valence-electron chi connectivity index (χ1n) is 7.34. The summed E-state index contributed by atoms with van der Waals surface area (Å²) in [6.45, 7) is 9.24. The van der Waals surface area contributed by atoms with Gasteiger partial charge in [-0.15, -0.1) is 0 Å². The number of amides is 1. The molecule has 104 valence electrons. The molecule has 18 heavy (non-hydrogen) atoms. The van der Waals surface area contributed by atoms with E-state index in [9.17, 15) is 4.79 Å². The Hall–Kier alpha value is -0.610. The van der Waals surface area contributed by atoms with Crippen molar-refractivity contribution in [2.75, 3.05) is 19.6 Å². The van der Waals surface area contributed by atoms with Gasteiger partial charge in [-0.3, -0.25) is 9.69 Å². The predicted molar refractivity (Wildman–Crippen MR) is 73.4 cm³/mol. The molecule has 0 radical (unpaired) electrons. The van der Waals surface area contributed by atoms with E-state index >= 15 is 0 Å². The fourth-order valence-electron chi connectivity index (χ4n) is 3.02. The lowest BCUT2D eigenvalue weighted by Gasteiger charge is -2.22. The number of nitrogens with one attached hydrogen (secondary N) is 2. The highest BCUT2D eigenvalue weighted by Gasteiger charge is 2.36. The van der Waals surface area contributed by atoms with E-state index < -0.39 is 0 Å². The van der Waals surface area contributed by atoms with Crippen LogP contribution >= 0.6 is 0 Å². The lowest BCUT2D eigenvalue weighted by atomic mass is 10.1. The van der Waals surface area contributed by atoms with Gasteiger partial charge in [-0.25, -0.2) is 0 Å². The van der Waals surface area contributed by atoms with Gasteiger partial charge in [-0.05, 0) is 38.6 Å². The summed E-state index contributed by atoms with van der Waals surface area (Å²) in [6.07, 6.45) is 3.80. The molecule has 4 nitrogen and oxygen atoms in total. The van der Waals surface area contributed by atoms with Crippen molar-refractivity contribution in [1.82, 2.24) is 15.5 Å². The summed E-state index contributed by atoms with van der Waals surface area (Å²) in [5.41, 5.74) is 0. The van der Waals surface area contributed by atoms with Gasteiger partial charge in [0.15, 0.2) is 0 Å². The third-order valence-corrected chi connectivity index (χ3v) is 4.52. The minimum Gasteiger partial charge on any atom is -0.352 e. The van der Waals surface area contributed by atoms with E-state index in [2.05, 4.69) is 36.3 Å². The first-order chi connectivity index (χ1) is 8.58. The highest BCUT2D eigenvalue weighted by atomic mass is 16.2. The van der Waals surface area contributed by atoms with Crippen molar-refractivity contribution in [3.63, 3.8) is 0 Å². The van der Waals surface area contributed by atoms with Gasteiger partial charge >= 0.3 is 0 Å². The Morgan fingerprint density at radius 3 is 2.78 bits per heavy atom. The Balaban J connectivity index is 1.70. The average Bonchev–Trinajstić information content (AvgIpc) is 2.88. The minimum atomic E-state index is 0.132. The maximum Gasteiger partial charge on any atom is 0.234 e. The van der Waals surface area contributed by atoms with E-state index in [1.165, 1.54) is 32.4 Å². The number of nitrogens with zero attached hydrogens (tertiary/aromatic N) is 1. The first-order valence-corrected chi connectivity index (χ1v) is 7.34. The van der Waals surface area contributed by atoms with Crippen molar-refractivity contribution in [1.29, 1.82) is 0 Å². The summed E-state index contributed by atoms with van der Waals surface area (Å²) in [4.78, 5) is 14.4. The second-order valence-electron chi connectivity index (χ2n) is 6.12. The molecule has 4 heteroatoms. The number of hydrogen-bond acceptors (Lipinski definition) is 3. The molecule has 2 saturated heterocycles. The van der Waals surface area contributed by atoms with E-state index in [-0.39, 0.29) is 11.9 Å². The predicted octanol–water partition coefficient (Wildman–Crippen LogP) is 0.973. The standard InChI is InChI=1S/C14H27N3O/c1-10(2)11(3)16-14(18)9-15-12-6-8-17-7-4-5-13(12)17/h10-13,15H,4-9H2,1-3H3,(H,16,18). The molecule has 2 rings (SSSR count). The zero-order valence-electron chi connectivity index (χ0n) is 11.9. The third-order valence-electron chi connectivity index (χ3n) is 4.52. The van der Waals surface area contributed by atoms with Crippen molar-refractivity contribution in [2.24, 2.45) is 5.92 Å². The van der Waals surface area contributed by atoms with E-state index in [0.29, 0.717) is 24.5 Å². The molecule has 2 aliphatic rings. The van der Waals surface area contributed by atoms with Crippen LogP contribution in [0.1, 0.15) is 40.0 Å². The van der Waals surface area contributed by atoms with E-state index in [1.54, 1.807) is 0 Å². The zero-order valence-corrected chi connectivity index (χ0v) is 11.9. The van der Waals surface area contributed by atoms with E-state index in [1.807, 2.05) is 0 Å². The van der Waals surface area contributed by atoms with Crippen LogP contribution in [-0.4, -0.2) is 48.6 Å². The second-order valence-corrected chi connectivity index (χ2v) is 6.12. The van der Waals surface area contributed by atoms with Crippen molar-refractivity contribution in [2.45, 2.75) is 58.2 Å². The van der Waals surface area contributed by atoms with Crippen LogP contribution in [0.15, 0.2) is 0 Å². The molecule has 3 atom stereocenters. The van der Waals surface area contributed by atoms with Crippen LogP contribution in [0, 0.1) is 5.92 Å². The van der Waals surface area contributed by atoms with Crippen LogP contribution < -0.4 is 10.6 Å². The van der Waals surface area contributed by atoms with Crippen molar-refractivity contribution in [3.05, 3.63) is 0 Å². The summed E-state index contributed by atoms with van der Waals surface area (Å²) in [7, 11) is 0. The van der Waals surface area contributed by atoms with Gasteiger partial charge in [0.2, 0.25) is 5.91 Å². The molecule has 2 N–H and O–H groups in total. The van der Waals surface area contributed by atoms with Crippen LogP contribution in [0.25, 0.3) is 0 Å². The van der Waals surface area contributed by atoms with E-state index in [4.69, 9.17) is 0 Å². The summed E-state index contributed by atoms with van der Waals surface area (Å²) >= 11 is 0. The quantitative estimate of drug-likeness (QED) is 0.767. The molecule has 0 aromatic heterocycles. The molecule has 2 heterocycles. The summed E-state index contributed by atoms with van der Waals surface area (Å²) in [5.74, 6) is 0.624. The third kappa shape index (κ3) is 3.23. The molecule has 0 aromatic carbocycles. The lowest BCUT2D eigenvalue weighted by Crippen LogP contribution is -2.46. The molecule has 0 spiro atoms. The average molecular weight is 253 g/mol. The molecular weight excluding hydrogens is 226 g/mol. The van der Waals surface area contributed by atoms with Crippen LogP contribution in [0.2, 0.25) is 0 Å². The second kappa shape index (κ2) is 6.02. The van der Waals surface area contributed by atoms with Crippen LogP contribution in [0.3, 0.4) is 0 Å². The monoisotopic (exact) mass is 253 g/mol. The Morgan fingerprint density at radius 2 is 2.06 bits per heavy atom. The molecule has 0 saturated carbocycles. The molecule has 3 unspecified atom stereocenters.